The molecule has 2 N–H and O–H groups in total. The van der Waals surface area contributed by atoms with E-state index in [0.717, 1.165) is 0 Å². The average Bonchev–Trinajstić information content (AvgIpc) is 2.62. The van der Waals surface area contributed by atoms with E-state index in [2.05, 4.69) is 20.8 Å². The van der Waals surface area contributed by atoms with Gasteiger partial charge in [-0.15, -0.1) is 10.2 Å². The van der Waals surface area contributed by atoms with Gasteiger partial charge in [0.1, 0.15) is 17.3 Å². The predicted molar refractivity (Wildman–Crippen MR) is 89.9 cm³/mol. The lowest BCUT2D eigenvalue weighted by atomic mass is 10.2. The number of amides is 1. The van der Waals surface area contributed by atoms with Gasteiger partial charge in [-0.25, -0.2) is 0 Å². The highest BCUT2D eigenvalue weighted by Gasteiger charge is 2.11. The molecular formula is C16H20N4O4. The maximum Gasteiger partial charge on any atom is 0.257 e. The maximum atomic E-state index is 12.3. The molecule has 1 aromatic heterocycles. The zero-order valence-electron chi connectivity index (χ0n) is 13.8. The minimum absolute atomic E-state index is 0.332. The molecule has 1 aromatic carbocycles. The predicted octanol–water partition coefficient (Wildman–Crippen LogP) is 1.80. The third-order valence-electron chi connectivity index (χ3n) is 3.13. The Morgan fingerprint density at radius 1 is 1.00 bits per heavy atom. The Kier molecular flexibility index (Phi) is 6.32. The van der Waals surface area contributed by atoms with E-state index in [1.807, 2.05) is 0 Å². The quantitative estimate of drug-likeness (QED) is 0.712. The first kappa shape index (κ1) is 17.5. The smallest absolute Gasteiger partial charge is 0.257 e. The van der Waals surface area contributed by atoms with Gasteiger partial charge in [0.25, 0.3) is 5.91 Å². The van der Waals surface area contributed by atoms with Gasteiger partial charge in [-0.3, -0.25) is 4.79 Å². The summed E-state index contributed by atoms with van der Waals surface area (Å²) >= 11 is 0. The molecule has 1 heterocycles. The van der Waals surface area contributed by atoms with Gasteiger partial charge in [0.15, 0.2) is 5.82 Å². The molecular weight excluding hydrogens is 312 g/mol. The first-order valence-electron chi connectivity index (χ1n) is 7.27. The Morgan fingerprint density at radius 2 is 1.62 bits per heavy atom. The van der Waals surface area contributed by atoms with Crippen molar-refractivity contribution in [3.63, 3.8) is 0 Å². The van der Waals surface area contributed by atoms with Gasteiger partial charge in [-0.2, -0.15) is 0 Å². The largest absolute Gasteiger partial charge is 0.497 e. The van der Waals surface area contributed by atoms with Crippen molar-refractivity contribution in [2.24, 2.45) is 0 Å². The zero-order chi connectivity index (χ0) is 17.4. The number of carbonyl (C=O) groups is 1. The number of anilines is 2. The summed E-state index contributed by atoms with van der Waals surface area (Å²) in [7, 11) is 4.67. The summed E-state index contributed by atoms with van der Waals surface area (Å²) in [5.41, 5.74) is 0.398. The van der Waals surface area contributed by atoms with E-state index in [1.165, 1.54) is 14.2 Å². The number of rotatable bonds is 8. The third-order valence-corrected chi connectivity index (χ3v) is 3.13. The molecule has 0 aliphatic heterocycles. The van der Waals surface area contributed by atoms with E-state index in [-0.39, 0.29) is 5.91 Å². The number of ether oxygens (including phenoxy) is 3. The monoisotopic (exact) mass is 332 g/mol. The summed E-state index contributed by atoms with van der Waals surface area (Å²) in [5.74, 6) is 1.68. The molecule has 0 saturated heterocycles. The Labute approximate surface area is 140 Å². The fourth-order valence-electron chi connectivity index (χ4n) is 1.90. The summed E-state index contributed by atoms with van der Waals surface area (Å²) in [4.78, 5) is 12.3. The fourth-order valence-corrected chi connectivity index (χ4v) is 1.90. The van der Waals surface area contributed by atoms with Crippen LogP contribution in [0.2, 0.25) is 0 Å². The number of nitrogens with zero attached hydrogens (tertiary/aromatic N) is 2. The van der Waals surface area contributed by atoms with Gasteiger partial charge in [0.2, 0.25) is 0 Å². The normalized spacial score (nSPS) is 10.1. The van der Waals surface area contributed by atoms with Gasteiger partial charge in [-0.05, 0) is 24.3 Å². The van der Waals surface area contributed by atoms with Crippen LogP contribution in [0.5, 0.6) is 11.5 Å². The van der Waals surface area contributed by atoms with Crippen LogP contribution in [0, 0.1) is 0 Å². The van der Waals surface area contributed by atoms with Crippen LogP contribution in [0.15, 0.2) is 30.3 Å². The van der Waals surface area contributed by atoms with Crippen molar-refractivity contribution in [3.8, 4) is 11.5 Å². The first-order valence-corrected chi connectivity index (χ1v) is 7.27. The van der Waals surface area contributed by atoms with Crippen molar-refractivity contribution in [2.75, 3.05) is 45.1 Å². The third kappa shape index (κ3) is 4.82. The van der Waals surface area contributed by atoms with Crippen molar-refractivity contribution >= 4 is 17.5 Å². The van der Waals surface area contributed by atoms with Crippen molar-refractivity contribution in [3.05, 3.63) is 35.9 Å². The lowest BCUT2D eigenvalue weighted by Gasteiger charge is -2.09. The Morgan fingerprint density at radius 3 is 2.17 bits per heavy atom. The molecule has 0 spiro atoms. The molecule has 0 unspecified atom stereocenters. The molecule has 0 aliphatic rings. The van der Waals surface area contributed by atoms with Gasteiger partial charge >= 0.3 is 0 Å². The molecule has 128 valence electrons. The maximum absolute atomic E-state index is 12.3. The summed E-state index contributed by atoms with van der Waals surface area (Å²) in [6.07, 6.45) is 0. The van der Waals surface area contributed by atoms with Crippen LogP contribution in [0.3, 0.4) is 0 Å². The molecule has 0 radical (unpaired) electrons. The van der Waals surface area contributed by atoms with E-state index < -0.39 is 0 Å². The molecule has 0 fully saturated rings. The van der Waals surface area contributed by atoms with E-state index in [0.29, 0.717) is 41.8 Å². The molecule has 24 heavy (non-hydrogen) atoms. The van der Waals surface area contributed by atoms with Crippen molar-refractivity contribution in [1.29, 1.82) is 0 Å². The summed E-state index contributed by atoms with van der Waals surface area (Å²) < 4.78 is 15.2. The standard InChI is InChI=1S/C16H20N4O4/c1-22-7-6-17-14-4-5-15(20-19-14)18-16(21)11-8-12(23-2)10-13(9-11)24-3/h4-5,8-10H,6-7H2,1-3H3,(H,17,19)(H,18,20,21). The van der Waals surface area contributed by atoms with Gasteiger partial charge in [0, 0.05) is 25.3 Å². The van der Waals surface area contributed by atoms with Crippen LogP contribution in [-0.2, 0) is 4.74 Å². The van der Waals surface area contributed by atoms with Crippen LogP contribution in [0.4, 0.5) is 11.6 Å². The fraction of sp³-hybridized carbons (Fsp3) is 0.312. The summed E-state index contributed by atoms with van der Waals surface area (Å²) in [6, 6.07) is 8.32. The van der Waals surface area contributed by atoms with Crippen LogP contribution in [0.1, 0.15) is 10.4 Å². The summed E-state index contributed by atoms with van der Waals surface area (Å²) in [6.45, 7) is 1.19. The SMILES string of the molecule is COCCNc1ccc(NC(=O)c2cc(OC)cc(OC)c2)nn1. The van der Waals surface area contributed by atoms with Gasteiger partial charge in [-0.1, -0.05) is 0 Å². The van der Waals surface area contributed by atoms with E-state index in [1.54, 1.807) is 37.4 Å². The zero-order valence-corrected chi connectivity index (χ0v) is 13.8. The molecule has 1 amide bonds. The lowest BCUT2D eigenvalue weighted by Crippen LogP contribution is -2.14. The Balaban J connectivity index is 2.04. The van der Waals surface area contributed by atoms with Crippen LogP contribution < -0.4 is 20.1 Å². The molecule has 2 rings (SSSR count). The number of nitrogens with one attached hydrogen (secondary N) is 2. The van der Waals surface area contributed by atoms with Gasteiger partial charge < -0.3 is 24.8 Å². The van der Waals surface area contributed by atoms with E-state index in [4.69, 9.17) is 14.2 Å². The molecule has 8 heteroatoms. The highest BCUT2D eigenvalue weighted by atomic mass is 16.5. The van der Waals surface area contributed by atoms with E-state index in [9.17, 15) is 4.79 Å². The van der Waals surface area contributed by atoms with Gasteiger partial charge in [0.05, 0.1) is 20.8 Å². The summed E-state index contributed by atoms with van der Waals surface area (Å²) in [5, 5.41) is 13.7. The number of hydrogen-bond acceptors (Lipinski definition) is 7. The number of aromatic nitrogens is 2. The molecule has 8 nitrogen and oxygen atoms in total. The molecule has 0 atom stereocenters. The molecule has 2 aromatic rings. The minimum Gasteiger partial charge on any atom is -0.497 e. The second-order valence-electron chi connectivity index (χ2n) is 4.78. The molecule has 0 bridgehead atoms. The van der Waals surface area contributed by atoms with Crippen LogP contribution in [-0.4, -0.2) is 50.6 Å². The Bertz CT molecular complexity index is 654. The van der Waals surface area contributed by atoms with E-state index >= 15 is 0 Å². The highest BCUT2D eigenvalue weighted by molar-refractivity contribution is 6.04. The van der Waals surface area contributed by atoms with Crippen molar-refractivity contribution in [2.45, 2.75) is 0 Å². The highest BCUT2D eigenvalue weighted by Crippen LogP contribution is 2.23. The number of carbonyl (C=O) groups excluding carboxylic acids is 1. The molecule has 0 aliphatic carbocycles. The number of hydrogen-bond donors (Lipinski definition) is 2. The number of methoxy groups -OCH3 is 3. The van der Waals surface area contributed by atoms with Crippen LogP contribution >= 0.6 is 0 Å². The lowest BCUT2D eigenvalue weighted by molar-refractivity contribution is 0.102. The van der Waals surface area contributed by atoms with Crippen molar-refractivity contribution in [1.82, 2.24) is 10.2 Å². The second-order valence-corrected chi connectivity index (χ2v) is 4.78. The second kappa shape index (κ2) is 8.68. The molecule has 0 saturated carbocycles. The topological polar surface area (TPSA) is 94.6 Å². The minimum atomic E-state index is -0.332. The first-order chi connectivity index (χ1) is 11.7. The number of benzene rings is 1. The average molecular weight is 332 g/mol. The van der Waals surface area contributed by atoms with Crippen molar-refractivity contribution < 1.29 is 19.0 Å². The van der Waals surface area contributed by atoms with Crippen LogP contribution in [0.25, 0.3) is 0 Å². The Hall–Kier alpha value is -2.87.